The molecule has 6 nitrogen and oxygen atoms in total. The molecule has 0 saturated heterocycles. The first-order chi connectivity index (χ1) is 12.5. The number of carboxylic acids is 2. The van der Waals surface area contributed by atoms with Crippen molar-refractivity contribution in [1.82, 2.24) is 0 Å². The molecule has 0 aromatic heterocycles. The molecule has 134 valence electrons. The number of nitrogens with one attached hydrogen (secondary N) is 1. The van der Waals surface area contributed by atoms with E-state index in [0.29, 0.717) is 0 Å². The number of rotatable bonds is 4. The number of hydrogen-bond acceptors (Lipinski definition) is 4. The van der Waals surface area contributed by atoms with Gasteiger partial charge in [-0.1, -0.05) is 48.5 Å². The zero-order valence-corrected chi connectivity index (χ0v) is 14.2. The first kappa shape index (κ1) is 18.8. The number of anilines is 1. The van der Waals surface area contributed by atoms with Crippen molar-refractivity contribution in [1.29, 1.82) is 0 Å². The lowest BCUT2D eigenvalue weighted by Gasteiger charge is -2.12. The highest BCUT2D eigenvalue weighted by atomic mass is 16.5. The van der Waals surface area contributed by atoms with E-state index >= 15 is 0 Å². The van der Waals surface area contributed by atoms with Crippen LogP contribution < -0.4 is 10.1 Å². The van der Waals surface area contributed by atoms with Gasteiger partial charge in [0.2, 0.25) is 0 Å². The van der Waals surface area contributed by atoms with Gasteiger partial charge in [0.05, 0.1) is 7.11 Å². The Morgan fingerprint density at radius 3 is 2.00 bits per heavy atom. The first-order valence-corrected chi connectivity index (χ1v) is 7.82. The average molecular weight is 353 g/mol. The van der Waals surface area contributed by atoms with E-state index in [1.165, 1.54) is 10.9 Å². The van der Waals surface area contributed by atoms with Crippen molar-refractivity contribution >= 4 is 28.4 Å². The Morgan fingerprint density at radius 1 is 0.846 bits per heavy atom. The molecule has 3 rings (SSSR count). The number of para-hydroxylation sites is 1. The molecule has 3 aromatic carbocycles. The van der Waals surface area contributed by atoms with E-state index in [1.807, 2.05) is 30.3 Å². The zero-order valence-electron chi connectivity index (χ0n) is 14.2. The van der Waals surface area contributed by atoms with E-state index in [0.717, 1.165) is 23.4 Å². The SMILES string of the molecule is COc1ccc(CNc2ccccc2)c2ccccc12.O=C(O)C(=O)O. The molecule has 0 aliphatic rings. The number of hydrogen-bond donors (Lipinski definition) is 3. The second kappa shape index (κ2) is 9.08. The predicted octanol–water partition coefficient (Wildman–Crippen LogP) is 3.62. The predicted molar refractivity (Wildman–Crippen MR) is 99.5 cm³/mol. The molecule has 3 aromatic rings. The van der Waals surface area contributed by atoms with Crippen LogP contribution in [-0.2, 0) is 16.1 Å². The summed E-state index contributed by atoms with van der Waals surface area (Å²) < 4.78 is 5.42. The summed E-state index contributed by atoms with van der Waals surface area (Å²) in [6, 6.07) is 22.7. The normalized spacial score (nSPS) is 9.73. The standard InChI is InChI=1S/C18H17NO.C2H2O4/c1-20-18-12-11-14(16-9-5-6-10-17(16)18)13-19-15-7-3-2-4-8-15;3-1(4)2(5)6/h2-12,19H,13H2,1H3;(H,3,4)(H,5,6). The molecule has 0 heterocycles. The van der Waals surface area contributed by atoms with Crippen LogP contribution in [0.4, 0.5) is 5.69 Å². The molecule has 0 aliphatic carbocycles. The number of carboxylic acid groups (broad SMARTS) is 2. The summed E-state index contributed by atoms with van der Waals surface area (Å²) in [4.78, 5) is 18.2. The van der Waals surface area contributed by atoms with Gasteiger partial charge in [-0.2, -0.15) is 0 Å². The van der Waals surface area contributed by atoms with Gasteiger partial charge in [-0.25, -0.2) is 9.59 Å². The largest absolute Gasteiger partial charge is 0.496 e. The number of aliphatic carboxylic acids is 2. The lowest BCUT2D eigenvalue weighted by Crippen LogP contribution is -2.09. The topological polar surface area (TPSA) is 95.9 Å². The maximum Gasteiger partial charge on any atom is 0.414 e. The Labute approximate surface area is 150 Å². The molecule has 0 radical (unpaired) electrons. The van der Waals surface area contributed by atoms with Gasteiger partial charge in [-0.15, -0.1) is 0 Å². The summed E-state index contributed by atoms with van der Waals surface area (Å²) in [5, 5.41) is 20.6. The molecule has 0 atom stereocenters. The molecule has 0 saturated carbocycles. The number of ether oxygens (including phenoxy) is 1. The zero-order chi connectivity index (χ0) is 18.9. The fourth-order valence-corrected chi connectivity index (χ4v) is 2.42. The minimum absolute atomic E-state index is 0.800. The fourth-order valence-electron chi connectivity index (χ4n) is 2.42. The Hall–Kier alpha value is -3.54. The van der Waals surface area contributed by atoms with Crippen molar-refractivity contribution in [2.45, 2.75) is 6.54 Å². The van der Waals surface area contributed by atoms with Crippen molar-refractivity contribution in [2.24, 2.45) is 0 Å². The number of fused-ring (bicyclic) bond motifs is 1. The van der Waals surface area contributed by atoms with Crippen LogP contribution in [0.2, 0.25) is 0 Å². The molecule has 0 fully saturated rings. The highest BCUT2D eigenvalue weighted by molar-refractivity contribution is 6.27. The van der Waals surface area contributed by atoms with Gasteiger partial charge in [-0.3, -0.25) is 0 Å². The van der Waals surface area contributed by atoms with Crippen molar-refractivity contribution in [3.8, 4) is 5.75 Å². The van der Waals surface area contributed by atoms with E-state index in [4.69, 9.17) is 24.5 Å². The molecule has 26 heavy (non-hydrogen) atoms. The van der Waals surface area contributed by atoms with Crippen LogP contribution in [0.15, 0.2) is 66.7 Å². The molecular formula is C20H19NO5. The van der Waals surface area contributed by atoms with Crippen LogP contribution in [0.1, 0.15) is 5.56 Å². The number of methoxy groups -OCH3 is 1. The molecule has 0 aliphatic heterocycles. The fraction of sp³-hybridized carbons (Fsp3) is 0.100. The lowest BCUT2D eigenvalue weighted by atomic mass is 10.0. The molecular weight excluding hydrogens is 334 g/mol. The third kappa shape index (κ3) is 4.98. The highest BCUT2D eigenvalue weighted by Crippen LogP contribution is 2.28. The van der Waals surface area contributed by atoms with Gasteiger partial charge < -0.3 is 20.3 Å². The molecule has 0 spiro atoms. The van der Waals surface area contributed by atoms with Crippen LogP contribution >= 0.6 is 0 Å². The molecule has 0 amide bonds. The van der Waals surface area contributed by atoms with Gasteiger partial charge >= 0.3 is 11.9 Å². The smallest absolute Gasteiger partial charge is 0.414 e. The van der Waals surface area contributed by atoms with E-state index in [9.17, 15) is 0 Å². The summed E-state index contributed by atoms with van der Waals surface area (Å²) in [5.74, 6) is -2.73. The van der Waals surface area contributed by atoms with Crippen LogP contribution in [0, 0.1) is 0 Å². The van der Waals surface area contributed by atoms with Gasteiger partial charge in [0.25, 0.3) is 0 Å². The Balaban J connectivity index is 0.000000352. The van der Waals surface area contributed by atoms with Crippen molar-refractivity contribution in [3.63, 3.8) is 0 Å². The Morgan fingerprint density at radius 2 is 1.42 bits per heavy atom. The third-order valence-electron chi connectivity index (χ3n) is 3.63. The maximum absolute atomic E-state index is 9.10. The Bertz CT molecular complexity index is 881. The van der Waals surface area contributed by atoms with Crippen LogP contribution in [0.5, 0.6) is 5.75 Å². The second-order valence-corrected chi connectivity index (χ2v) is 5.30. The van der Waals surface area contributed by atoms with E-state index in [2.05, 4.69) is 41.7 Å². The van der Waals surface area contributed by atoms with Gasteiger partial charge in [0.1, 0.15) is 5.75 Å². The highest BCUT2D eigenvalue weighted by Gasteiger charge is 2.05. The monoisotopic (exact) mass is 353 g/mol. The number of benzene rings is 3. The van der Waals surface area contributed by atoms with Crippen molar-refractivity contribution in [3.05, 3.63) is 72.3 Å². The van der Waals surface area contributed by atoms with Crippen LogP contribution in [0.3, 0.4) is 0 Å². The van der Waals surface area contributed by atoms with E-state index in [1.54, 1.807) is 7.11 Å². The molecule has 0 unspecified atom stereocenters. The summed E-state index contributed by atoms with van der Waals surface area (Å²) in [7, 11) is 1.71. The maximum atomic E-state index is 9.10. The molecule has 6 heteroatoms. The second-order valence-electron chi connectivity index (χ2n) is 5.30. The molecule has 0 bridgehead atoms. The Kier molecular flexibility index (Phi) is 6.56. The van der Waals surface area contributed by atoms with Gasteiger partial charge in [0, 0.05) is 17.6 Å². The van der Waals surface area contributed by atoms with E-state index < -0.39 is 11.9 Å². The lowest BCUT2D eigenvalue weighted by molar-refractivity contribution is -0.159. The summed E-state index contributed by atoms with van der Waals surface area (Å²) >= 11 is 0. The average Bonchev–Trinajstić information content (AvgIpc) is 2.67. The summed E-state index contributed by atoms with van der Waals surface area (Å²) in [5.41, 5.74) is 2.40. The number of carbonyl (C=O) groups is 2. The quantitative estimate of drug-likeness (QED) is 0.620. The van der Waals surface area contributed by atoms with Crippen LogP contribution in [0.25, 0.3) is 10.8 Å². The van der Waals surface area contributed by atoms with Crippen molar-refractivity contribution < 1.29 is 24.5 Å². The third-order valence-corrected chi connectivity index (χ3v) is 3.63. The molecule has 3 N–H and O–H groups in total. The minimum atomic E-state index is -1.82. The van der Waals surface area contributed by atoms with E-state index in [-0.39, 0.29) is 0 Å². The van der Waals surface area contributed by atoms with Gasteiger partial charge in [-0.05, 0) is 29.1 Å². The van der Waals surface area contributed by atoms with Gasteiger partial charge in [0.15, 0.2) is 0 Å². The van der Waals surface area contributed by atoms with Crippen molar-refractivity contribution in [2.75, 3.05) is 12.4 Å². The summed E-state index contributed by atoms with van der Waals surface area (Å²) in [6.07, 6.45) is 0. The minimum Gasteiger partial charge on any atom is -0.496 e. The first-order valence-electron chi connectivity index (χ1n) is 7.82. The van der Waals surface area contributed by atoms with Crippen LogP contribution in [-0.4, -0.2) is 29.3 Å². The summed E-state index contributed by atoms with van der Waals surface area (Å²) in [6.45, 7) is 0.800.